The molecule has 2 rings (SSSR count). The molecule has 0 spiro atoms. The lowest BCUT2D eigenvalue weighted by Gasteiger charge is -2.05. The Hall–Kier alpha value is -2.38. The Bertz CT molecular complexity index is 525. The zero-order valence-corrected chi connectivity index (χ0v) is 11.0. The molecule has 0 saturated carbocycles. The number of unbranched alkanes of at least 4 members (excludes halogenated alkanes) is 1. The second-order valence-corrected chi connectivity index (χ2v) is 4.41. The lowest BCUT2D eigenvalue weighted by molar-refractivity contribution is -0.402. The van der Waals surface area contributed by atoms with Crippen LogP contribution < -0.4 is 0 Å². The molecule has 2 heterocycles. The van der Waals surface area contributed by atoms with Gasteiger partial charge in [0.05, 0.1) is 18.8 Å². The fourth-order valence-electron chi connectivity index (χ4n) is 1.82. The lowest BCUT2D eigenvalue weighted by atomic mass is 10.2. The van der Waals surface area contributed by atoms with E-state index in [4.69, 9.17) is 9.15 Å². The quantitative estimate of drug-likeness (QED) is 0.453. The van der Waals surface area contributed by atoms with Gasteiger partial charge < -0.3 is 9.15 Å². The first-order chi connectivity index (χ1) is 9.60. The van der Waals surface area contributed by atoms with E-state index in [2.05, 4.69) is 12.0 Å². The summed E-state index contributed by atoms with van der Waals surface area (Å²) in [5, 5.41) is 15.6. The van der Waals surface area contributed by atoms with Gasteiger partial charge in [-0.15, -0.1) is 0 Å². The molecule has 108 valence electrons. The SMILES string of the molecule is CCCC[C@@H]1CN(/N=C\c2ccc([N+](=O)[O-])o2)C(=O)O1. The zero-order chi connectivity index (χ0) is 14.5. The summed E-state index contributed by atoms with van der Waals surface area (Å²) < 4.78 is 10.0. The van der Waals surface area contributed by atoms with Crippen molar-refractivity contribution in [1.29, 1.82) is 0 Å². The molecule has 1 fully saturated rings. The number of rotatable bonds is 6. The van der Waals surface area contributed by atoms with Crippen molar-refractivity contribution in [2.75, 3.05) is 6.54 Å². The van der Waals surface area contributed by atoms with E-state index in [1.165, 1.54) is 23.4 Å². The first kappa shape index (κ1) is 14.0. The number of amides is 1. The van der Waals surface area contributed by atoms with E-state index in [0.717, 1.165) is 19.3 Å². The van der Waals surface area contributed by atoms with Crippen LogP contribution in [0.1, 0.15) is 31.9 Å². The minimum absolute atomic E-state index is 0.148. The Balaban J connectivity index is 1.93. The third-order valence-electron chi connectivity index (χ3n) is 2.85. The summed E-state index contributed by atoms with van der Waals surface area (Å²) in [7, 11) is 0. The Labute approximate surface area is 115 Å². The number of hydrogen-bond acceptors (Lipinski definition) is 6. The second kappa shape index (κ2) is 6.18. The standard InChI is InChI=1S/C12H15N3O5/c1-2-3-4-10-8-14(12(16)20-10)13-7-9-5-6-11(19-9)15(17)18/h5-7,10H,2-4,8H2,1H3/b13-7-/t10-/m1/s1. The maximum absolute atomic E-state index is 11.5. The van der Waals surface area contributed by atoms with Gasteiger partial charge >= 0.3 is 12.0 Å². The van der Waals surface area contributed by atoms with Gasteiger partial charge in [0, 0.05) is 0 Å². The Morgan fingerprint density at radius 1 is 1.60 bits per heavy atom. The predicted octanol–water partition coefficient (Wildman–Crippen LogP) is 2.53. The van der Waals surface area contributed by atoms with Crippen molar-refractivity contribution in [2.24, 2.45) is 5.10 Å². The van der Waals surface area contributed by atoms with Crippen LogP contribution in [0.15, 0.2) is 21.7 Å². The molecule has 1 atom stereocenters. The van der Waals surface area contributed by atoms with Crippen LogP contribution in [0, 0.1) is 10.1 Å². The largest absolute Gasteiger partial charge is 0.443 e. The van der Waals surface area contributed by atoms with E-state index in [0.29, 0.717) is 6.54 Å². The van der Waals surface area contributed by atoms with Gasteiger partial charge in [-0.2, -0.15) is 10.1 Å². The van der Waals surface area contributed by atoms with Crippen molar-refractivity contribution >= 4 is 18.2 Å². The van der Waals surface area contributed by atoms with E-state index in [9.17, 15) is 14.9 Å². The number of nitro groups is 1. The van der Waals surface area contributed by atoms with Gasteiger partial charge in [-0.1, -0.05) is 13.3 Å². The molecular weight excluding hydrogens is 266 g/mol. The summed E-state index contributed by atoms with van der Waals surface area (Å²) in [4.78, 5) is 21.3. The molecule has 0 aliphatic carbocycles. The second-order valence-electron chi connectivity index (χ2n) is 4.41. The molecule has 20 heavy (non-hydrogen) atoms. The molecule has 1 saturated heterocycles. The van der Waals surface area contributed by atoms with Crippen LogP contribution in [0.4, 0.5) is 10.7 Å². The van der Waals surface area contributed by atoms with Gasteiger partial charge in [0.2, 0.25) is 0 Å². The first-order valence-corrected chi connectivity index (χ1v) is 6.36. The molecule has 1 aliphatic rings. The Morgan fingerprint density at radius 3 is 3.05 bits per heavy atom. The van der Waals surface area contributed by atoms with Gasteiger partial charge in [-0.25, -0.2) is 4.79 Å². The number of cyclic esters (lactones) is 1. The third-order valence-corrected chi connectivity index (χ3v) is 2.85. The van der Waals surface area contributed by atoms with E-state index in [1.54, 1.807) is 0 Å². The summed E-state index contributed by atoms with van der Waals surface area (Å²) in [6.45, 7) is 2.45. The molecule has 1 aromatic heterocycles. The molecule has 0 N–H and O–H groups in total. The highest BCUT2D eigenvalue weighted by atomic mass is 16.6. The normalized spacial score (nSPS) is 18.8. The molecule has 8 nitrogen and oxygen atoms in total. The number of nitrogens with zero attached hydrogens (tertiary/aromatic N) is 3. The molecule has 0 aromatic carbocycles. The zero-order valence-electron chi connectivity index (χ0n) is 11.0. The average molecular weight is 281 g/mol. The molecule has 0 radical (unpaired) electrons. The van der Waals surface area contributed by atoms with Gasteiger partial charge in [0.1, 0.15) is 11.0 Å². The molecule has 0 unspecified atom stereocenters. The van der Waals surface area contributed by atoms with E-state index < -0.39 is 11.0 Å². The summed E-state index contributed by atoms with van der Waals surface area (Å²) in [5.41, 5.74) is 0. The fraction of sp³-hybridized carbons (Fsp3) is 0.500. The molecule has 1 aliphatic heterocycles. The third kappa shape index (κ3) is 3.34. The highest BCUT2D eigenvalue weighted by Gasteiger charge is 2.30. The van der Waals surface area contributed by atoms with Crippen molar-refractivity contribution in [3.63, 3.8) is 0 Å². The molecule has 1 amide bonds. The van der Waals surface area contributed by atoms with Gasteiger partial charge in [-0.3, -0.25) is 10.1 Å². The van der Waals surface area contributed by atoms with Gasteiger partial charge in [-0.05, 0) is 18.9 Å². The first-order valence-electron chi connectivity index (χ1n) is 6.36. The van der Waals surface area contributed by atoms with Crippen molar-refractivity contribution in [1.82, 2.24) is 5.01 Å². The topological polar surface area (TPSA) is 98.2 Å². The Kier molecular flexibility index (Phi) is 4.34. The number of hydrazone groups is 1. The summed E-state index contributed by atoms with van der Waals surface area (Å²) >= 11 is 0. The Morgan fingerprint density at radius 2 is 2.40 bits per heavy atom. The fourth-order valence-corrected chi connectivity index (χ4v) is 1.82. The maximum Gasteiger partial charge on any atom is 0.433 e. The van der Waals surface area contributed by atoms with Crippen LogP contribution >= 0.6 is 0 Å². The van der Waals surface area contributed by atoms with Gasteiger partial charge in [0.15, 0.2) is 5.76 Å². The lowest BCUT2D eigenvalue weighted by Crippen LogP contribution is -2.19. The number of furan rings is 1. The van der Waals surface area contributed by atoms with Crippen LogP contribution in [-0.4, -0.2) is 34.9 Å². The highest BCUT2D eigenvalue weighted by Crippen LogP contribution is 2.18. The monoisotopic (exact) mass is 281 g/mol. The van der Waals surface area contributed by atoms with Crippen LogP contribution in [0.5, 0.6) is 0 Å². The number of ether oxygens (including phenoxy) is 1. The van der Waals surface area contributed by atoms with Crippen LogP contribution in [-0.2, 0) is 4.74 Å². The van der Waals surface area contributed by atoms with E-state index in [-0.39, 0.29) is 17.7 Å². The minimum Gasteiger partial charge on any atom is -0.443 e. The van der Waals surface area contributed by atoms with Crippen molar-refractivity contribution < 1.29 is 18.9 Å². The van der Waals surface area contributed by atoms with Crippen molar-refractivity contribution in [3.05, 3.63) is 28.0 Å². The van der Waals surface area contributed by atoms with E-state index >= 15 is 0 Å². The highest BCUT2D eigenvalue weighted by molar-refractivity contribution is 5.78. The van der Waals surface area contributed by atoms with Crippen LogP contribution in [0.25, 0.3) is 0 Å². The van der Waals surface area contributed by atoms with Crippen LogP contribution in [0.2, 0.25) is 0 Å². The van der Waals surface area contributed by atoms with E-state index in [1.807, 2.05) is 0 Å². The van der Waals surface area contributed by atoms with Crippen LogP contribution in [0.3, 0.4) is 0 Å². The predicted molar refractivity (Wildman–Crippen MR) is 69.5 cm³/mol. The number of carbonyl (C=O) groups excluding carboxylic acids is 1. The maximum atomic E-state index is 11.5. The molecule has 0 bridgehead atoms. The van der Waals surface area contributed by atoms with Crippen molar-refractivity contribution in [2.45, 2.75) is 32.3 Å². The average Bonchev–Trinajstić information content (AvgIpc) is 3.01. The van der Waals surface area contributed by atoms with Gasteiger partial charge in [0.25, 0.3) is 0 Å². The smallest absolute Gasteiger partial charge is 0.433 e. The molecular formula is C12H15N3O5. The van der Waals surface area contributed by atoms with Crippen molar-refractivity contribution in [3.8, 4) is 0 Å². The summed E-state index contributed by atoms with van der Waals surface area (Å²) in [6.07, 6.45) is 3.43. The summed E-state index contributed by atoms with van der Waals surface area (Å²) in [6, 6.07) is 2.64. The summed E-state index contributed by atoms with van der Waals surface area (Å²) in [5.74, 6) is -0.155. The molecule has 8 heteroatoms. The molecule has 1 aromatic rings. The minimum atomic E-state index is -0.637. The number of hydrogen-bond donors (Lipinski definition) is 0. The number of carbonyl (C=O) groups is 1.